The molecule has 0 aromatic carbocycles. The molecular formula is C11H15N3O2. The molecule has 2 heterocycles. The lowest BCUT2D eigenvalue weighted by Crippen LogP contribution is -2.42. The van der Waals surface area contributed by atoms with E-state index in [0.717, 1.165) is 5.69 Å². The van der Waals surface area contributed by atoms with Crippen molar-refractivity contribution in [3.05, 3.63) is 24.5 Å². The van der Waals surface area contributed by atoms with Crippen molar-refractivity contribution in [2.75, 3.05) is 25.2 Å². The molecule has 1 aliphatic heterocycles. The van der Waals surface area contributed by atoms with Crippen LogP contribution in [0.5, 0.6) is 0 Å². The van der Waals surface area contributed by atoms with Crippen LogP contribution in [0.4, 0.5) is 5.69 Å². The van der Waals surface area contributed by atoms with Crippen LogP contribution in [0.1, 0.15) is 0 Å². The van der Waals surface area contributed by atoms with E-state index in [1.54, 1.807) is 36.5 Å². The van der Waals surface area contributed by atoms with E-state index in [-0.39, 0.29) is 17.9 Å². The summed E-state index contributed by atoms with van der Waals surface area (Å²) in [6.07, 6.45) is 3.31. The van der Waals surface area contributed by atoms with Crippen molar-refractivity contribution in [2.45, 2.75) is 6.04 Å². The van der Waals surface area contributed by atoms with Crippen LogP contribution in [0.15, 0.2) is 24.5 Å². The van der Waals surface area contributed by atoms with Crippen LogP contribution in [-0.2, 0) is 9.53 Å². The number of amides is 1. The number of nitrogens with zero attached hydrogens (tertiary/aromatic N) is 2. The highest BCUT2D eigenvalue weighted by molar-refractivity contribution is 5.95. The van der Waals surface area contributed by atoms with Gasteiger partial charge in [-0.3, -0.25) is 9.78 Å². The van der Waals surface area contributed by atoms with E-state index < -0.39 is 0 Å². The first-order valence-corrected chi connectivity index (χ1v) is 5.21. The van der Waals surface area contributed by atoms with Gasteiger partial charge in [0.1, 0.15) is 0 Å². The molecule has 2 rings (SSSR count). The van der Waals surface area contributed by atoms with Crippen LogP contribution in [0.25, 0.3) is 0 Å². The van der Waals surface area contributed by atoms with Crippen molar-refractivity contribution in [3.63, 3.8) is 0 Å². The molecule has 2 N–H and O–H groups in total. The topological polar surface area (TPSA) is 68.5 Å². The maximum Gasteiger partial charge on any atom is 0.233 e. The van der Waals surface area contributed by atoms with Crippen molar-refractivity contribution in [1.29, 1.82) is 0 Å². The molecular weight excluding hydrogens is 206 g/mol. The second-order valence-electron chi connectivity index (χ2n) is 3.91. The molecule has 1 fully saturated rings. The fourth-order valence-electron chi connectivity index (χ4n) is 1.77. The van der Waals surface area contributed by atoms with Crippen molar-refractivity contribution >= 4 is 11.6 Å². The SMILES string of the molecule is CN(C(=O)C1COCC1N)c1ccncc1. The summed E-state index contributed by atoms with van der Waals surface area (Å²) in [5, 5.41) is 0. The van der Waals surface area contributed by atoms with E-state index in [1.165, 1.54) is 0 Å². The summed E-state index contributed by atoms with van der Waals surface area (Å²) < 4.78 is 5.19. The van der Waals surface area contributed by atoms with Gasteiger partial charge in [0, 0.05) is 31.2 Å². The molecule has 1 saturated heterocycles. The van der Waals surface area contributed by atoms with Gasteiger partial charge in [0.2, 0.25) is 5.91 Å². The Labute approximate surface area is 94.2 Å². The van der Waals surface area contributed by atoms with Crippen LogP contribution < -0.4 is 10.6 Å². The number of carbonyl (C=O) groups is 1. The van der Waals surface area contributed by atoms with E-state index in [4.69, 9.17) is 10.5 Å². The Bertz CT molecular complexity index is 369. The van der Waals surface area contributed by atoms with Crippen LogP contribution in [0, 0.1) is 5.92 Å². The fraction of sp³-hybridized carbons (Fsp3) is 0.455. The molecule has 0 aliphatic carbocycles. The Morgan fingerprint density at radius 2 is 2.19 bits per heavy atom. The minimum absolute atomic E-state index is 0.00352. The van der Waals surface area contributed by atoms with Gasteiger partial charge in [-0.25, -0.2) is 0 Å². The average molecular weight is 221 g/mol. The highest BCUT2D eigenvalue weighted by Gasteiger charge is 2.33. The third-order valence-electron chi connectivity index (χ3n) is 2.82. The number of hydrogen-bond donors (Lipinski definition) is 1. The van der Waals surface area contributed by atoms with Crippen molar-refractivity contribution in [1.82, 2.24) is 4.98 Å². The molecule has 0 spiro atoms. The Morgan fingerprint density at radius 3 is 2.75 bits per heavy atom. The number of ether oxygens (including phenoxy) is 1. The van der Waals surface area contributed by atoms with Crippen LogP contribution >= 0.6 is 0 Å². The van der Waals surface area contributed by atoms with Crippen molar-refractivity contribution in [3.8, 4) is 0 Å². The second-order valence-corrected chi connectivity index (χ2v) is 3.91. The molecule has 5 nitrogen and oxygen atoms in total. The average Bonchev–Trinajstić information content (AvgIpc) is 2.75. The summed E-state index contributed by atoms with van der Waals surface area (Å²) in [6.45, 7) is 0.871. The molecule has 86 valence electrons. The molecule has 1 aliphatic rings. The Morgan fingerprint density at radius 1 is 1.50 bits per heavy atom. The largest absolute Gasteiger partial charge is 0.379 e. The van der Waals surface area contributed by atoms with E-state index in [2.05, 4.69) is 4.98 Å². The minimum atomic E-state index is -0.238. The van der Waals surface area contributed by atoms with Crippen LogP contribution in [0.3, 0.4) is 0 Å². The third kappa shape index (κ3) is 2.05. The van der Waals surface area contributed by atoms with Gasteiger partial charge in [-0.2, -0.15) is 0 Å². The molecule has 0 radical (unpaired) electrons. The number of rotatable bonds is 2. The minimum Gasteiger partial charge on any atom is -0.379 e. The Balaban J connectivity index is 2.10. The first kappa shape index (κ1) is 11.0. The molecule has 0 saturated carbocycles. The van der Waals surface area contributed by atoms with E-state index in [1.807, 2.05) is 0 Å². The smallest absolute Gasteiger partial charge is 0.233 e. The molecule has 0 bridgehead atoms. The van der Waals surface area contributed by atoms with Crippen molar-refractivity contribution in [2.24, 2.45) is 11.7 Å². The molecule has 1 amide bonds. The zero-order chi connectivity index (χ0) is 11.5. The van der Waals surface area contributed by atoms with Gasteiger partial charge in [-0.05, 0) is 12.1 Å². The van der Waals surface area contributed by atoms with Gasteiger partial charge in [0.25, 0.3) is 0 Å². The summed E-state index contributed by atoms with van der Waals surface area (Å²) in [6, 6.07) is 3.38. The lowest BCUT2D eigenvalue weighted by Gasteiger charge is -2.22. The highest BCUT2D eigenvalue weighted by atomic mass is 16.5. The van der Waals surface area contributed by atoms with E-state index >= 15 is 0 Å². The number of aromatic nitrogens is 1. The summed E-state index contributed by atoms with van der Waals surface area (Å²) in [5.41, 5.74) is 6.63. The predicted octanol–water partition coefficient (Wildman–Crippen LogP) is 0.0181. The monoisotopic (exact) mass is 221 g/mol. The van der Waals surface area contributed by atoms with Gasteiger partial charge in [-0.1, -0.05) is 0 Å². The van der Waals surface area contributed by atoms with Gasteiger partial charge in [0.15, 0.2) is 0 Å². The first-order valence-electron chi connectivity index (χ1n) is 5.21. The highest BCUT2D eigenvalue weighted by Crippen LogP contribution is 2.18. The Hall–Kier alpha value is -1.46. The zero-order valence-electron chi connectivity index (χ0n) is 9.17. The van der Waals surface area contributed by atoms with E-state index in [9.17, 15) is 4.79 Å². The zero-order valence-corrected chi connectivity index (χ0v) is 9.17. The summed E-state index contributed by atoms with van der Waals surface area (Å²) >= 11 is 0. The standard InChI is InChI=1S/C11H15N3O2/c1-14(8-2-4-13-5-3-8)11(15)9-6-16-7-10(9)12/h2-5,9-10H,6-7,12H2,1H3. The summed E-state index contributed by atoms with van der Waals surface area (Å²) in [7, 11) is 1.74. The number of carbonyl (C=O) groups excluding carboxylic acids is 1. The van der Waals surface area contributed by atoms with E-state index in [0.29, 0.717) is 13.2 Å². The molecule has 2 atom stereocenters. The van der Waals surface area contributed by atoms with Crippen molar-refractivity contribution < 1.29 is 9.53 Å². The van der Waals surface area contributed by atoms with Gasteiger partial charge in [-0.15, -0.1) is 0 Å². The first-order chi connectivity index (χ1) is 7.70. The van der Waals surface area contributed by atoms with Gasteiger partial charge < -0.3 is 15.4 Å². The molecule has 5 heteroatoms. The molecule has 1 aromatic rings. The third-order valence-corrected chi connectivity index (χ3v) is 2.82. The van der Waals surface area contributed by atoms with Crippen LogP contribution in [0.2, 0.25) is 0 Å². The predicted molar refractivity (Wildman–Crippen MR) is 59.9 cm³/mol. The maximum atomic E-state index is 12.1. The number of anilines is 1. The second kappa shape index (κ2) is 4.59. The summed E-state index contributed by atoms with van der Waals surface area (Å²) in [4.78, 5) is 17.6. The Kier molecular flexibility index (Phi) is 3.17. The molecule has 1 aromatic heterocycles. The summed E-state index contributed by atoms with van der Waals surface area (Å²) in [5.74, 6) is -0.241. The van der Waals surface area contributed by atoms with Gasteiger partial charge in [0.05, 0.1) is 19.1 Å². The number of pyridine rings is 1. The lowest BCUT2D eigenvalue weighted by molar-refractivity contribution is -0.122. The fourth-order valence-corrected chi connectivity index (χ4v) is 1.77. The molecule has 2 unspecified atom stereocenters. The van der Waals surface area contributed by atoms with Crippen LogP contribution in [-0.4, -0.2) is 37.2 Å². The maximum absolute atomic E-state index is 12.1. The lowest BCUT2D eigenvalue weighted by atomic mass is 10.0. The number of nitrogens with two attached hydrogens (primary N) is 1. The number of hydrogen-bond acceptors (Lipinski definition) is 4. The molecule has 16 heavy (non-hydrogen) atoms. The normalized spacial score (nSPS) is 24.4. The van der Waals surface area contributed by atoms with Gasteiger partial charge >= 0.3 is 0 Å². The quantitative estimate of drug-likeness (QED) is 0.764.